The predicted octanol–water partition coefficient (Wildman–Crippen LogP) is 1.54. The van der Waals surface area contributed by atoms with Crippen molar-refractivity contribution in [3.8, 4) is 6.07 Å². The summed E-state index contributed by atoms with van der Waals surface area (Å²) < 4.78 is 0. The van der Waals surface area contributed by atoms with Crippen molar-refractivity contribution < 1.29 is 9.59 Å². The molecule has 0 saturated heterocycles. The van der Waals surface area contributed by atoms with Crippen LogP contribution in [0.4, 0.5) is 0 Å². The van der Waals surface area contributed by atoms with E-state index in [-0.39, 0.29) is 11.8 Å². The summed E-state index contributed by atoms with van der Waals surface area (Å²) >= 11 is 1.42. The third-order valence-electron chi connectivity index (χ3n) is 2.50. The van der Waals surface area contributed by atoms with Crippen molar-refractivity contribution in [2.24, 2.45) is 0 Å². The molecule has 0 aromatic heterocycles. The highest BCUT2D eigenvalue weighted by Gasteiger charge is 2.34. The molecule has 4 nitrogen and oxygen atoms in total. The van der Waals surface area contributed by atoms with Gasteiger partial charge in [0.1, 0.15) is 0 Å². The van der Waals surface area contributed by atoms with Crippen molar-refractivity contribution in [3.05, 3.63) is 35.4 Å². The van der Waals surface area contributed by atoms with Gasteiger partial charge in [0.2, 0.25) is 0 Å². The van der Waals surface area contributed by atoms with E-state index in [1.807, 2.05) is 6.07 Å². The van der Waals surface area contributed by atoms with E-state index in [1.165, 1.54) is 16.7 Å². The third kappa shape index (κ3) is 2.17. The summed E-state index contributed by atoms with van der Waals surface area (Å²) in [6.07, 6.45) is 0. The zero-order valence-corrected chi connectivity index (χ0v) is 9.87. The molecule has 0 saturated carbocycles. The highest BCUT2D eigenvalue weighted by molar-refractivity contribution is 7.99. The minimum absolute atomic E-state index is 0.233. The molecule has 5 heteroatoms. The van der Waals surface area contributed by atoms with E-state index in [4.69, 9.17) is 5.26 Å². The van der Waals surface area contributed by atoms with E-state index in [1.54, 1.807) is 24.3 Å². The second-order valence-electron chi connectivity index (χ2n) is 3.52. The lowest BCUT2D eigenvalue weighted by atomic mass is 10.1. The van der Waals surface area contributed by atoms with E-state index in [2.05, 4.69) is 0 Å². The largest absolute Gasteiger partial charge is 0.274 e. The van der Waals surface area contributed by atoms with Gasteiger partial charge in [0.25, 0.3) is 11.8 Å². The molecule has 0 spiro atoms. The summed E-state index contributed by atoms with van der Waals surface area (Å²) in [5, 5.41) is 8.39. The fourth-order valence-corrected chi connectivity index (χ4v) is 2.26. The highest BCUT2D eigenvalue weighted by atomic mass is 32.2. The first kappa shape index (κ1) is 11.7. The molecular weight excluding hydrogens is 236 g/mol. The minimum Gasteiger partial charge on any atom is -0.274 e. The predicted molar refractivity (Wildman–Crippen MR) is 64.7 cm³/mol. The SMILES string of the molecule is N#CCSCCN1C(=O)c2ccccc2C1=O. The number of hydrogen-bond acceptors (Lipinski definition) is 4. The molecule has 1 aromatic carbocycles. The number of carbonyl (C=O) groups excluding carboxylic acids is 2. The Morgan fingerprint density at radius 3 is 2.29 bits per heavy atom. The van der Waals surface area contributed by atoms with Gasteiger partial charge in [0.05, 0.1) is 22.9 Å². The van der Waals surface area contributed by atoms with E-state index in [0.717, 1.165) is 0 Å². The lowest BCUT2D eigenvalue weighted by Gasteiger charge is -2.12. The molecule has 0 radical (unpaired) electrons. The summed E-state index contributed by atoms with van der Waals surface area (Å²) in [5.74, 6) is 0.508. The summed E-state index contributed by atoms with van der Waals surface area (Å²) in [5.41, 5.74) is 0.950. The molecule has 1 aliphatic rings. The number of rotatable bonds is 4. The third-order valence-corrected chi connectivity index (χ3v) is 3.31. The van der Waals surface area contributed by atoms with Crippen molar-refractivity contribution in [2.75, 3.05) is 18.1 Å². The van der Waals surface area contributed by atoms with E-state index in [9.17, 15) is 9.59 Å². The molecular formula is C12H10N2O2S. The number of nitriles is 1. The van der Waals surface area contributed by atoms with Gasteiger partial charge >= 0.3 is 0 Å². The summed E-state index contributed by atoms with van der Waals surface area (Å²) in [6, 6.07) is 8.83. The van der Waals surface area contributed by atoms with E-state index >= 15 is 0 Å². The summed E-state index contributed by atoms with van der Waals surface area (Å²) in [6.45, 7) is 0.360. The second kappa shape index (κ2) is 5.02. The van der Waals surface area contributed by atoms with Gasteiger partial charge in [-0.1, -0.05) is 12.1 Å². The fourth-order valence-electron chi connectivity index (χ4n) is 1.72. The summed E-state index contributed by atoms with van der Waals surface area (Å²) in [4.78, 5) is 25.0. The summed E-state index contributed by atoms with van der Waals surface area (Å²) in [7, 11) is 0. The van der Waals surface area contributed by atoms with Crippen LogP contribution in [0.25, 0.3) is 0 Å². The van der Waals surface area contributed by atoms with Crippen LogP contribution in [0, 0.1) is 11.3 Å². The van der Waals surface area contributed by atoms with Crippen molar-refractivity contribution in [1.82, 2.24) is 4.90 Å². The maximum Gasteiger partial charge on any atom is 0.261 e. The Labute approximate surface area is 103 Å². The molecule has 0 fully saturated rings. The first-order valence-electron chi connectivity index (χ1n) is 5.15. The fraction of sp³-hybridized carbons (Fsp3) is 0.250. The van der Waals surface area contributed by atoms with Crippen LogP contribution in [0.1, 0.15) is 20.7 Å². The topological polar surface area (TPSA) is 61.2 Å². The van der Waals surface area contributed by atoms with Gasteiger partial charge in [0, 0.05) is 12.3 Å². The molecule has 0 unspecified atom stereocenters. The van der Waals surface area contributed by atoms with Gasteiger partial charge in [-0.2, -0.15) is 5.26 Å². The number of nitrogens with zero attached hydrogens (tertiary/aromatic N) is 2. The van der Waals surface area contributed by atoms with Gasteiger partial charge in [-0.05, 0) is 12.1 Å². The monoisotopic (exact) mass is 246 g/mol. The molecule has 1 heterocycles. The molecule has 2 rings (SSSR count). The number of hydrogen-bond donors (Lipinski definition) is 0. The van der Waals surface area contributed by atoms with E-state index < -0.39 is 0 Å². The standard InChI is InChI=1S/C12H10N2O2S/c13-5-7-17-8-6-14-11(15)9-3-1-2-4-10(9)12(14)16/h1-4H,6-8H2. The van der Waals surface area contributed by atoms with Gasteiger partial charge in [-0.25, -0.2) is 0 Å². The van der Waals surface area contributed by atoms with Gasteiger partial charge in [-0.15, -0.1) is 11.8 Å². The average molecular weight is 246 g/mol. The molecule has 0 atom stereocenters. The highest BCUT2D eigenvalue weighted by Crippen LogP contribution is 2.22. The number of carbonyl (C=O) groups is 2. The Morgan fingerprint density at radius 1 is 1.18 bits per heavy atom. The Bertz CT molecular complexity index is 472. The number of imide groups is 1. The molecule has 0 bridgehead atoms. The van der Waals surface area contributed by atoms with Crippen LogP contribution in [-0.4, -0.2) is 34.8 Å². The lowest BCUT2D eigenvalue weighted by molar-refractivity contribution is 0.0664. The molecule has 1 aliphatic heterocycles. The smallest absolute Gasteiger partial charge is 0.261 e. The lowest BCUT2D eigenvalue weighted by Crippen LogP contribution is -2.31. The molecule has 1 aromatic rings. The van der Waals surface area contributed by atoms with Gasteiger partial charge < -0.3 is 0 Å². The van der Waals surface area contributed by atoms with Crippen molar-refractivity contribution in [1.29, 1.82) is 5.26 Å². The Kier molecular flexibility index (Phi) is 3.45. The zero-order chi connectivity index (χ0) is 12.3. The van der Waals surface area contributed by atoms with Crippen LogP contribution in [-0.2, 0) is 0 Å². The minimum atomic E-state index is -0.233. The van der Waals surface area contributed by atoms with E-state index in [0.29, 0.717) is 29.2 Å². The Balaban J connectivity index is 2.06. The zero-order valence-electron chi connectivity index (χ0n) is 9.05. The molecule has 0 aliphatic carbocycles. The van der Waals surface area contributed by atoms with Gasteiger partial charge in [-0.3, -0.25) is 14.5 Å². The normalized spacial score (nSPS) is 13.7. The Hall–Kier alpha value is -1.80. The quantitative estimate of drug-likeness (QED) is 0.597. The van der Waals surface area contributed by atoms with Crippen LogP contribution >= 0.6 is 11.8 Å². The number of benzene rings is 1. The molecule has 2 amide bonds. The van der Waals surface area contributed by atoms with Gasteiger partial charge in [0.15, 0.2) is 0 Å². The maximum absolute atomic E-state index is 11.9. The first-order valence-corrected chi connectivity index (χ1v) is 6.31. The number of thioether (sulfide) groups is 1. The van der Waals surface area contributed by atoms with Crippen LogP contribution in [0.3, 0.4) is 0 Å². The van der Waals surface area contributed by atoms with Crippen LogP contribution in [0.2, 0.25) is 0 Å². The Morgan fingerprint density at radius 2 is 1.76 bits per heavy atom. The average Bonchev–Trinajstić information content (AvgIpc) is 2.60. The van der Waals surface area contributed by atoms with Crippen LogP contribution in [0.5, 0.6) is 0 Å². The van der Waals surface area contributed by atoms with Crippen LogP contribution < -0.4 is 0 Å². The molecule has 86 valence electrons. The van der Waals surface area contributed by atoms with Crippen molar-refractivity contribution in [2.45, 2.75) is 0 Å². The first-order chi connectivity index (χ1) is 8.25. The molecule has 17 heavy (non-hydrogen) atoms. The van der Waals surface area contributed by atoms with Crippen LogP contribution in [0.15, 0.2) is 24.3 Å². The van der Waals surface area contributed by atoms with Crippen molar-refractivity contribution in [3.63, 3.8) is 0 Å². The van der Waals surface area contributed by atoms with Crippen molar-refractivity contribution >= 4 is 23.6 Å². The maximum atomic E-state index is 11.9. The number of fused-ring (bicyclic) bond motifs is 1. The molecule has 0 N–H and O–H groups in total. The second-order valence-corrected chi connectivity index (χ2v) is 4.62. The number of amides is 2.